The number of rotatable bonds is 12. The molecule has 3 aliphatic rings. The molecule has 0 radical (unpaired) electrons. The van der Waals surface area contributed by atoms with Crippen LogP contribution in [0.3, 0.4) is 0 Å². The van der Waals surface area contributed by atoms with Crippen molar-refractivity contribution in [3.8, 4) is 0 Å². The standard InChI is InChI=1S/C30H47N3O7SSi/c1-11-14-38-28(36)25-23(41-19-16-21(26(34)31(7)8)32(18-19)29(37)39-15-12-2)17-20-24(27(35)33(20)25)22(13-3)40-42(9,10)30(4,5)6/h11-12,19-22,24H,1-2,13-18H2,3-10H3/t19-,20+,21-,22-,24+/m0/s1. The van der Waals surface area contributed by atoms with Gasteiger partial charge in [0.2, 0.25) is 11.8 Å². The fraction of sp³-hybridized carbons (Fsp3) is 0.667. The lowest BCUT2D eigenvalue weighted by molar-refractivity contribution is -0.162. The van der Waals surface area contributed by atoms with Gasteiger partial charge in [-0.2, -0.15) is 0 Å². The molecule has 234 valence electrons. The Kier molecular flexibility index (Phi) is 10.8. The van der Waals surface area contributed by atoms with E-state index in [0.29, 0.717) is 19.3 Å². The minimum Gasteiger partial charge on any atom is -0.457 e. The Labute approximate surface area is 255 Å². The summed E-state index contributed by atoms with van der Waals surface area (Å²) in [6.45, 7) is 20.4. The van der Waals surface area contributed by atoms with E-state index in [-0.39, 0.29) is 65.6 Å². The summed E-state index contributed by atoms with van der Waals surface area (Å²) in [6, 6.07) is -0.905. The quantitative estimate of drug-likeness (QED) is 0.135. The smallest absolute Gasteiger partial charge is 0.410 e. The second-order valence-corrected chi connectivity index (χ2v) is 18.9. The molecule has 0 N–H and O–H groups in total. The van der Waals surface area contributed by atoms with Gasteiger partial charge in [-0.1, -0.05) is 53.0 Å². The number of hydrogen-bond donors (Lipinski definition) is 0. The van der Waals surface area contributed by atoms with Crippen molar-refractivity contribution in [3.63, 3.8) is 0 Å². The van der Waals surface area contributed by atoms with Crippen LogP contribution < -0.4 is 0 Å². The number of ether oxygens (including phenoxy) is 2. The van der Waals surface area contributed by atoms with Gasteiger partial charge in [-0.3, -0.25) is 14.5 Å². The third-order valence-electron chi connectivity index (χ3n) is 8.61. The molecule has 5 atom stereocenters. The number of hydrogen-bond acceptors (Lipinski definition) is 8. The van der Waals surface area contributed by atoms with Crippen molar-refractivity contribution in [2.24, 2.45) is 5.92 Å². The number of β-lactam (4-membered cyclic amide) rings is 1. The number of carbonyl (C=O) groups excluding carboxylic acids is 4. The molecule has 3 aliphatic heterocycles. The number of likely N-dealkylation sites (tertiary alicyclic amines) is 1. The first-order valence-corrected chi connectivity index (χ1v) is 18.3. The van der Waals surface area contributed by atoms with Crippen molar-refractivity contribution in [2.75, 3.05) is 33.9 Å². The van der Waals surface area contributed by atoms with Gasteiger partial charge in [-0.25, -0.2) is 9.59 Å². The van der Waals surface area contributed by atoms with Gasteiger partial charge in [0.15, 0.2) is 8.32 Å². The predicted molar refractivity (Wildman–Crippen MR) is 166 cm³/mol. The van der Waals surface area contributed by atoms with E-state index in [4.69, 9.17) is 13.9 Å². The molecular weight excluding hydrogens is 574 g/mol. The lowest BCUT2D eigenvalue weighted by atomic mass is 9.82. The maximum absolute atomic E-state index is 13.7. The molecule has 2 fully saturated rings. The van der Waals surface area contributed by atoms with E-state index >= 15 is 0 Å². The maximum atomic E-state index is 13.7. The van der Waals surface area contributed by atoms with Crippen LogP contribution in [-0.2, 0) is 28.3 Å². The molecule has 0 bridgehead atoms. The normalized spacial score (nSPS) is 24.6. The average Bonchev–Trinajstić information content (AvgIpc) is 3.48. The van der Waals surface area contributed by atoms with E-state index in [0.717, 1.165) is 4.91 Å². The fourth-order valence-corrected chi connectivity index (χ4v) is 8.31. The van der Waals surface area contributed by atoms with Crippen LogP contribution in [0.25, 0.3) is 0 Å². The summed E-state index contributed by atoms with van der Waals surface area (Å²) in [5, 5.41) is -0.200. The van der Waals surface area contributed by atoms with Gasteiger partial charge in [-0.15, -0.1) is 11.8 Å². The lowest BCUT2D eigenvalue weighted by Crippen LogP contribution is -2.64. The molecule has 0 saturated carbocycles. The molecule has 3 amide bonds. The first-order chi connectivity index (χ1) is 19.6. The zero-order valence-corrected chi connectivity index (χ0v) is 28.1. The second-order valence-electron chi connectivity index (χ2n) is 12.7. The molecule has 0 aromatic carbocycles. The van der Waals surface area contributed by atoms with E-state index in [1.54, 1.807) is 19.0 Å². The second kappa shape index (κ2) is 13.4. The summed E-state index contributed by atoms with van der Waals surface area (Å²) in [5.74, 6) is -1.27. The van der Waals surface area contributed by atoms with Crippen molar-refractivity contribution in [2.45, 2.75) is 88.5 Å². The monoisotopic (exact) mass is 621 g/mol. The molecule has 0 aromatic heterocycles. The van der Waals surface area contributed by atoms with Crippen molar-refractivity contribution in [1.29, 1.82) is 0 Å². The number of fused-ring (bicyclic) bond motifs is 1. The molecule has 0 aromatic rings. The molecule has 42 heavy (non-hydrogen) atoms. The summed E-state index contributed by atoms with van der Waals surface area (Å²) in [6.07, 6.45) is 3.68. The van der Waals surface area contributed by atoms with Crippen LogP contribution in [-0.4, -0.2) is 104 Å². The first-order valence-electron chi connectivity index (χ1n) is 14.5. The zero-order chi connectivity index (χ0) is 31.6. The van der Waals surface area contributed by atoms with Gasteiger partial charge in [0.1, 0.15) is 25.0 Å². The largest absolute Gasteiger partial charge is 0.457 e. The van der Waals surface area contributed by atoms with Gasteiger partial charge >= 0.3 is 12.1 Å². The summed E-state index contributed by atoms with van der Waals surface area (Å²) < 4.78 is 17.4. The molecule has 2 saturated heterocycles. The van der Waals surface area contributed by atoms with Gasteiger partial charge in [-0.05, 0) is 31.0 Å². The Bertz CT molecular complexity index is 1130. The fourth-order valence-electron chi connectivity index (χ4n) is 5.41. The highest BCUT2D eigenvalue weighted by molar-refractivity contribution is 8.03. The minimum atomic E-state index is -2.15. The highest BCUT2D eigenvalue weighted by Crippen LogP contribution is 2.51. The third kappa shape index (κ3) is 6.81. The number of carbonyl (C=O) groups is 4. The Balaban J connectivity index is 1.88. The van der Waals surface area contributed by atoms with Crippen molar-refractivity contribution in [1.82, 2.24) is 14.7 Å². The number of esters is 1. The highest BCUT2D eigenvalue weighted by atomic mass is 32.2. The Morgan fingerprint density at radius 2 is 1.76 bits per heavy atom. The van der Waals surface area contributed by atoms with Crippen LogP contribution in [0.1, 0.15) is 47.0 Å². The molecule has 12 heteroatoms. The zero-order valence-electron chi connectivity index (χ0n) is 26.3. The SMILES string of the molecule is C=CCOC(=O)C1=C(S[C@H]2C[C@@H](C(=O)N(C)C)N(C(=O)OCC=C)C2)C[C@@H]2[C@H]([C@H](CC)O[Si](C)(C)C(C)(C)C)C(=O)N12. The van der Waals surface area contributed by atoms with Crippen LogP contribution in [0.4, 0.5) is 4.79 Å². The first kappa shape index (κ1) is 33.9. The lowest BCUT2D eigenvalue weighted by Gasteiger charge is -2.49. The average molecular weight is 622 g/mol. The van der Waals surface area contributed by atoms with Gasteiger partial charge in [0, 0.05) is 37.2 Å². The Morgan fingerprint density at radius 3 is 2.31 bits per heavy atom. The Morgan fingerprint density at radius 1 is 1.14 bits per heavy atom. The van der Waals surface area contributed by atoms with E-state index in [1.165, 1.54) is 33.7 Å². The van der Waals surface area contributed by atoms with E-state index in [2.05, 4.69) is 47.0 Å². The van der Waals surface area contributed by atoms with Crippen LogP contribution in [0.5, 0.6) is 0 Å². The minimum absolute atomic E-state index is 0.0107. The van der Waals surface area contributed by atoms with Crippen LogP contribution >= 0.6 is 11.8 Å². The third-order valence-corrected chi connectivity index (χ3v) is 14.4. The Hall–Kier alpha value is -2.57. The van der Waals surface area contributed by atoms with Crippen LogP contribution in [0, 0.1) is 5.92 Å². The summed E-state index contributed by atoms with van der Waals surface area (Å²) in [7, 11) is 1.15. The van der Waals surface area contributed by atoms with Crippen molar-refractivity contribution in [3.05, 3.63) is 35.9 Å². The topological polar surface area (TPSA) is 106 Å². The molecule has 10 nitrogen and oxygen atoms in total. The van der Waals surface area contributed by atoms with Gasteiger partial charge in [0.05, 0.1) is 18.1 Å². The molecule has 0 aliphatic carbocycles. The molecule has 0 spiro atoms. The number of nitrogens with zero attached hydrogens (tertiary/aromatic N) is 3. The van der Waals surface area contributed by atoms with Crippen LogP contribution in [0.15, 0.2) is 35.9 Å². The van der Waals surface area contributed by atoms with E-state index in [1.807, 2.05) is 6.92 Å². The van der Waals surface area contributed by atoms with E-state index in [9.17, 15) is 19.2 Å². The maximum Gasteiger partial charge on any atom is 0.410 e. The van der Waals surface area contributed by atoms with Crippen LogP contribution in [0.2, 0.25) is 18.1 Å². The number of likely N-dealkylation sites (N-methyl/N-ethyl adjacent to an activating group) is 1. The predicted octanol–water partition coefficient (Wildman–Crippen LogP) is 4.55. The summed E-state index contributed by atoms with van der Waals surface area (Å²) in [4.78, 5) is 58.0. The molecule has 3 heterocycles. The number of amides is 3. The van der Waals surface area contributed by atoms with Gasteiger partial charge in [0.25, 0.3) is 0 Å². The number of thioether (sulfide) groups is 1. The molecule has 0 unspecified atom stereocenters. The van der Waals surface area contributed by atoms with Crippen molar-refractivity contribution < 1.29 is 33.1 Å². The summed E-state index contributed by atoms with van der Waals surface area (Å²) >= 11 is 1.44. The summed E-state index contributed by atoms with van der Waals surface area (Å²) in [5.41, 5.74) is 0.249. The van der Waals surface area contributed by atoms with E-state index < -0.39 is 26.4 Å². The highest BCUT2D eigenvalue weighted by Gasteiger charge is 2.59. The molecule has 3 rings (SSSR count). The van der Waals surface area contributed by atoms with Gasteiger partial charge < -0.3 is 23.7 Å². The molecular formula is C30H47N3O7SSi. The van der Waals surface area contributed by atoms with Crippen molar-refractivity contribution >= 4 is 44.0 Å².